The first-order valence-corrected chi connectivity index (χ1v) is 9.76. The van der Waals surface area contributed by atoms with E-state index >= 15 is 0 Å². The summed E-state index contributed by atoms with van der Waals surface area (Å²) in [6, 6.07) is 13.7. The minimum absolute atomic E-state index is 0.389. The van der Waals surface area contributed by atoms with Crippen LogP contribution in [-0.4, -0.2) is 48.4 Å². The number of carbonyl (C=O) groups is 1. The highest BCUT2D eigenvalue weighted by Gasteiger charge is 2.27. The number of hydrogen-bond donors (Lipinski definition) is 1. The molecule has 0 spiro atoms. The fraction of sp³-hybridized carbons (Fsp3) is 0.348. The predicted molar refractivity (Wildman–Crippen MR) is 108 cm³/mol. The van der Waals surface area contributed by atoms with Crippen LogP contribution in [0.15, 0.2) is 66.4 Å². The molecule has 28 heavy (non-hydrogen) atoms. The number of nitrogens with zero attached hydrogens (tertiary/aromatic N) is 1. The molecule has 0 amide bonds. The third-order valence-corrected chi connectivity index (χ3v) is 5.31. The highest BCUT2D eigenvalue weighted by atomic mass is 16.5. The lowest BCUT2D eigenvalue weighted by molar-refractivity contribution is -0.140. The van der Waals surface area contributed by atoms with Crippen LogP contribution in [0.2, 0.25) is 0 Å². The summed E-state index contributed by atoms with van der Waals surface area (Å²) < 4.78 is 11.4. The van der Waals surface area contributed by atoms with Crippen molar-refractivity contribution in [2.24, 2.45) is 5.92 Å². The lowest BCUT2D eigenvalue weighted by atomic mass is 10.0. The molecule has 146 valence electrons. The number of rotatable bonds is 7. The summed E-state index contributed by atoms with van der Waals surface area (Å²) in [5, 5.41) is 11.9. The molecule has 1 N–H and O–H groups in total. The summed E-state index contributed by atoms with van der Waals surface area (Å²) in [6.45, 7) is 2.73. The van der Waals surface area contributed by atoms with Crippen LogP contribution >= 0.6 is 0 Å². The molecular weight excluding hydrogens is 354 g/mol. The van der Waals surface area contributed by atoms with Crippen LogP contribution < -0.4 is 4.74 Å². The van der Waals surface area contributed by atoms with E-state index in [-0.39, 0.29) is 0 Å². The molecule has 5 nitrogen and oxygen atoms in total. The Balaban J connectivity index is 1.37. The number of aliphatic carboxylic acids is 1. The highest BCUT2D eigenvalue weighted by molar-refractivity contribution is 5.83. The van der Waals surface area contributed by atoms with Gasteiger partial charge in [0.15, 0.2) is 0 Å². The van der Waals surface area contributed by atoms with Crippen molar-refractivity contribution in [3.8, 4) is 5.75 Å². The number of ether oxygens (including phenoxy) is 2. The third kappa shape index (κ3) is 4.37. The van der Waals surface area contributed by atoms with Crippen LogP contribution in [-0.2, 0) is 9.53 Å². The molecule has 2 heterocycles. The van der Waals surface area contributed by atoms with Crippen molar-refractivity contribution < 1.29 is 19.4 Å². The average molecular weight is 379 g/mol. The molecule has 2 atom stereocenters. The molecule has 0 radical (unpaired) electrons. The second-order valence-corrected chi connectivity index (χ2v) is 7.38. The van der Waals surface area contributed by atoms with Crippen LogP contribution in [0.5, 0.6) is 5.75 Å². The fourth-order valence-corrected chi connectivity index (χ4v) is 3.77. The molecule has 5 heteroatoms. The fourth-order valence-electron chi connectivity index (χ4n) is 3.77. The number of fused-ring (bicyclic) bond motifs is 1. The van der Waals surface area contributed by atoms with Crippen LogP contribution in [0.25, 0.3) is 10.8 Å². The van der Waals surface area contributed by atoms with Gasteiger partial charge in [-0.2, -0.15) is 0 Å². The zero-order valence-corrected chi connectivity index (χ0v) is 15.8. The summed E-state index contributed by atoms with van der Waals surface area (Å²) in [4.78, 5) is 13.5. The third-order valence-electron chi connectivity index (χ3n) is 5.31. The van der Waals surface area contributed by atoms with Gasteiger partial charge in [-0.1, -0.05) is 42.5 Å². The van der Waals surface area contributed by atoms with Gasteiger partial charge < -0.3 is 19.5 Å². The number of carboxylic acids is 1. The van der Waals surface area contributed by atoms with Crippen molar-refractivity contribution in [3.63, 3.8) is 0 Å². The van der Waals surface area contributed by atoms with Gasteiger partial charge in [-0.3, -0.25) is 0 Å². The average Bonchev–Trinajstić information content (AvgIpc) is 3.21. The van der Waals surface area contributed by atoms with Crippen molar-refractivity contribution in [2.45, 2.75) is 18.9 Å². The Morgan fingerprint density at radius 3 is 2.86 bits per heavy atom. The Hall–Kier alpha value is -2.79. The predicted octanol–water partition coefficient (Wildman–Crippen LogP) is 3.85. The number of allylic oxidation sites excluding steroid dienone is 1. The first-order valence-electron chi connectivity index (χ1n) is 9.76. The van der Waals surface area contributed by atoms with Crippen molar-refractivity contribution in [1.29, 1.82) is 0 Å². The van der Waals surface area contributed by atoms with E-state index in [9.17, 15) is 9.90 Å². The Morgan fingerprint density at radius 2 is 2.07 bits per heavy atom. The molecule has 0 aromatic heterocycles. The summed E-state index contributed by atoms with van der Waals surface area (Å²) in [7, 11) is 0. The molecule has 0 saturated carbocycles. The van der Waals surface area contributed by atoms with Crippen molar-refractivity contribution >= 4 is 16.7 Å². The van der Waals surface area contributed by atoms with Crippen LogP contribution in [0.3, 0.4) is 0 Å². The molecule has 2 aromatic rings. The molecule has 0 bridgehead atoms. The molecule has 2 unspecified atom stereocenters. The number of hydrogen-bond acceptors (Lipinski definition) is 4. The maximum absolute atomic E-state index is 11.6. The Morgan fingerprint density at radius 1 is 1.21 bits per heavy atom. The van der Waals surface area contributed by atoms with Gasteiger partial charge >= 0.3 is 5.97 Å². The minimum atomic E-state index is -0.821. The van der Waals surface area contributed by atoms with Crippen molar-refractivity contribution in [2.75, 3.05) is 26.4 Å². The lowest BCUT2D eigenvalue weighted by Crippen LogP contribution is -2.40. The summed E-state index contributed by atoms with van der Waals surface area (Å²) in [5.41, 5.74) is 1.08. The van der Waals surface area contributed by atoms with Gasteiger partial charge in [0.1, 0.15) is 11.8 Å². The van der Waals surface area contributed by atoms with Gasteiger partial charge in [0.25, 0.3) is 0 Å². The molecule has 4 rings (SSSR count). The molecule has 2 aromatic carbocycles. The van der Waals surface area contributed by atoms with E-state index in [0.717, 1.165) is 36.2 Å². The SMILES string of the molecule is O=C(O)C1C=CC(CCOc2ccc3ccccc3c2)=CN1CC1CCOC1. The van der Waals surface area contributed by atoms with Gasteiger partial charge in [-0.25, -0.2) is 4.79 Å². The van der Waals surface area contributed by atoms with E-state index in [1.54, 1.807) is 6.08 Å². The molecule has 0 aliphatic carbocycles. The van der Waals surface area contributed by atoms with E-state index in [2.05, 4.69) is 18.2 Å². The molecule has 2 aliphatic heterocycles. The lowest BCUT2D eigenvalue weighted by Gasteiger charge is -2.31. The Kier molecular flexibility index (Phi) is 5.63. The van der Waals surface area contributed by atoms with Gasteiger partial charge in [-0.15, -0.1) is 0 Å². The second kappa shape index (κ2) is 8.48. The van der Waals surface area contributed by atoms with Gasteiger partial charge in [0.05, 0.1) is 13.2 Å². The number of benzene rings is 2. The second-order valence-electron chi connectivity index (χ2n) is 7.38. The van der Waals surface area contributed by atoms with Gasteiger partial charge in [-0.05, 0) is 34.9 Å². The van der Waals surface area contributed by atoms with E-state index in [1.807, 2.05) is 41.4 Å². The van der Waals surface area contributed by atoms with Crippen LogP contribution in [0.4, 0.5) is 0 Å². The quantitative estimate of drug-likeness (QED) is 0.792. The zero-order valence-electron chi connectivity index (χ0n) is 15.8. The highest BCUT2D eigenvalue weighted by Crippen LogP contribution is 2.23. The standard InChI is InChI=1S/C23H25NO4/c25-23(26)22-8-5-17(14-24(22)15-18-9-11-27-16-18)10-12-28-21-7-6-19-3-1-2-4-20(19)13-21/h1-8,13-14,18,22H,9-12,15-16H2,(H,25,26). The molecule has 1 fully saturated rings. The summed E-state index contributed by atoms with van der Waals surface area (Å²) in [5.74, 6) is 0.417. The maximum atomic E-state index is 11.6. The molecular formula is C23H25NO4. The summed E-state index contributed by atoms with van der Waals surface area (Å²) in [6.07, 6.45) is 7.36. The monoisotopic (exact) mass is 379 g/mol. The zero-order chi connectivity index (χ0) is 19.3. The Labute approximate surface area is 164 Å². The van der Waals surface area contributed by atoms with Crippen LogP contribution in [0, 0.1) is 5.92 Å². The van der Waals surface area contributed by atoms with Crippen molar-refractivity contribution in [1.82, 2.24) is 4.90 Å². The molecule has 2 aliphatic rings. The van der Waals surface area contributed by atoms with E-state index in [1.165, 1.54) is 5.39 Å². The van der Waals surface area contributed by atoms with Gasteiger partial charge in [0, 0.05) is 31.7 Å². The largest absolute Gasteiger partial charge is 0.493 e. The van der Waals surface area contributed by atoms with E-state index in [4.69, 9.17) is 9.47 Å². The minimum Gasteiger partial charge on any atom is -0.493 e. The summed E-state index contributed by atoms with van der Waals surface area (Å²) >= 11 is 0. The van der Waals surface area contributed by atoms with Gasteiger partial charge in [0.2, 0.25) is 0 Å². The molecule has 1 saturated heterocycles. The van der Waals surface area contributed by atoms with Crippen LogP contribution in [0.1, 0.15) is 12.8 Å². The maximum Gasteiger partial charge on any atom is 0.330 e. The smallest absolute Gasteiger partial charge is 0.330 e. The number of carboxylic acid groups (broad SMARTS) is 1. The van der Waals surface area contributed by atoms with E-state index < -0.39 is 12.0 Å². The van der Waals surface area contributed by atoms with Crippen molar-refractivity contribution in [3.05, 3.63) is 66.4 Å². The topological polar surface area (TPSA) is 59.0 Å². The first-order chi connectivity index (χ1) is 13.7. The normalized spacial score (nSPS) is 21.7. The Bertz CT molecular complexity index is 898. The first kappa shape index (κ1) is 18.6. The van der Waals surface area contributed by atoms with E-state index in [0.29, 0.717) is 25.7 Å².